The Kier molecular flexibility index (Phi) is 14.4. The fraction of sp³-hybridized carbons (Fsp3) is 1.00. The summed E-state index contributed by atoms with van der Waals surface area (Å²) in [7, 11) is -1.91. The molecule has 1 N–H and O–H groups in total. The first kappa shape index (κ1) is 21.9. The smallest absolute Gasteiger partial charge is 0.266 e. The Morgan fingerprint density at radius 3 is 1.55 bits per heavy atom. The highest BCUT2D eigenvalue weighted by atomic mass is 32.2. The number of hydrogen-bond acceptors (Lipinski definition) is 3. The van der Waals surface area contributed by atoms with Crippen molar-refractivity contribution in [3.05, 3.63) is 0 Å². The SMILES string of the molecule is CCCCCCCCCCCCCCN(C)CCS(=O)(=O)O. The molecule has 0 aromatic rings. The van der Waals surface area contributed by atoms with Gasteiger partial charge in [0.1, 0.15) is 0 Å². The lowest BCUT2D eigenvalue weighted by Gasteiger charge is -2.15. The first-order valence-electron chi connectivity index (χ1n) is 9.09. The Morgan fingerprint density at radius 2 is 1.14 bits per heavy atom. The van der Waals surface area contributed by atoms with Crippen LogP contribution in [0.25, 0.3) is 0 Å². The first-order chi connectivity index (χ1) is 10.5. The van der Waals surface area contributed by atoms with Gasteiger partial charge in [0.05, 0.1) is 5.75 Å². The zero-order valence-corrected chi connectivity index (χ0v) is 15.5. The molecule has 4 nitrogen and oxygen atoms in total. The maximum atomic E-state index is 10.6. The molecule has 0 aliphatic carbocycles. The average molecular weight is 336 g/mol. The fourth-order valence-electron chi connectivity index (χ4n) is 2.61. The lowest BCUT2D eigenvalue weighted by molar-refractivity contribution is 0.337. The summed E-state index contributed by atoms with van der Waals surface area (Å²) in [5.74, 6) is -0.165. The van der Waals surface area contributed by atoms with E-state index in [0.29, 0.717) is 6.54 Å². The Hall–Kier alpha value is -0.130. The number of rotatable bonds is 16. The molecule has 134 valence electrons. The van der Waals surface area contributed by atoms with Crippen LogP contribution in [0.15, 0.2) is 0 Å². The topological polar surface area (TPSA) is 57.6 Å². The first-order valence-corrected chi connectivity index (χ1v) is 10.7. The van der Waals surface area contributed by atoms with Crippen molar-refractivity contribution in [2.45, 2.75) is 84.0 Å². The molecule has 22 heavy (non-hydrogen) atoms. The molecule has 0 spiro atoms. The minimum absolute atomic E-state index is 0.165. The van der Waals surface area contributed by atoms with Gasteiger partial charge in [-0.25, -0.2) is 0 Å². The molecule has 0 heterocycles. The summed E-state index contributed by atoms with van der Waals surface area (Å²) in [6.45, 7) is 3.58. The third-order valence-electron chi connectivity index (χ3n) is 4.12. The highest BCUT2D eigenvalue weighted by molar-refractivity contribution is 7.85. The molecule has 0 saturated heterocycles. The summed E-state index contributed by atoms with van der Waals surface area (Å²) < 4.78 is 30.0. The maximum absolute atomic E-state index is 10.6. The van der Waals surface area contributed by atoms with Crippen LogP contribution in [0.5, 0.6) is 0 Å². The average Bonchev–Trinajstić information content (AvgIpc) is 2.45. The van der Waals surface area contributed by atoms with Gasteiger partial charge in [-0.1, -0.05) is 77.6 Å². The van der Waals surface area contributed by atoms with Crippen molar-refractivity contribution in [3.63, 3.8) is 0 Å². The fourth-order valence-corrected chi connectivity index (χ4v) is 3.15. The van der Waals surface area contributed by atoms with Crippen molar-refractivity contribution >= 4 is 10.1 Å². The van der Waals surface area contributed by atoms with Gasteiger partial charge in [0.2, 0.25) is 0 Å². The molecule has 0 aliphatic heterocycles. The van der Waals surface area contributed by atoms with E-state index in [0.717, 1.165) is 13.0 Å². The molecule has 5 heteroatoms. The van der Waals surface area contributed by atoms with Gasteiger partial charge in [0, 0.05) is 6.54 Å². The lowest BCUT2D eigenvalue weighted by atomic mass is 10.1. The van der Waals surface area contributed by atoms with Crippen molar-refractivity contribution < 1.29 is 13.0 Å². The van der Waals surface area contributed by atoms with Crippen molar-refractivity contribution in [3.8, 4) is 0 Å². The van der Waals surface area contributed by atoms with E-state index in [1.54, 1.807) is 0 Å². The van der Waals surface area contributed by atoms with E-state index in [1.165, 1.54) is 70.6 Å². The van der Waals surface area contributed by atoms with E-state index in [-0.39, 0.29) is 5.75 Å². The largest absolute Gasteiger partial charge is 0.305 e. The zero-order chi connectivity index (χ0) is 16.7. The van der Waals surface area contributed by atoms with Crippen molar-refractivity contribution in [2.75, 3.05) is 25.9 Å². The second-order valence-electron chi connectivity index (χ2n) is 6.48. The molecule has 0 rings (SSSR count). The number of unbranched alkanes of at least 4 members (excludes halogenated alkanes) is 11. The van der Waals surface area contributed by atoms with Crippen LogP contribution in [0.1, 0.15) is 84.0 Å². The van der Waals surface area contributed by atoms with Crippen molar-refractivity contribution in [2.24, 2.45) is 0 Å². The third kappa shape index (κ3) is 17.9. The molecule has 0 aromatic carbocycles. The van der Waals surface area contributed by atoms with Gasteiger partial charge in [-0.05, 0) is 20.0 Å². The van der Waals surface area contributed by atoms with Crippen LogP contribution in [0, 0.1) is 0 Å². The van der Waals surface area contributed by atoms with E-state index in [4.69, 9.17) is 4.55 Å². The van der Waals surface area contributed by atoms with E-state index in [9.17, 15) is 8.42 Å². The summed E-state index contributed by atoms with van der Waals surface area (Å²) >= 11 is 0. The Labute approximate surface area is 138 Å². The van der Waals surface area contributed by atoms with Crippen LogP contribution in [0.2, 0.25) is 0 Å². The molecule has 0 saturated carbocycles. The van der Waals surface area contributed by atoms with Crippen LogP contribution >= 0.6 is 0 Å². The minimum Gasteiger partial charge on any atom is -0.305 e. The zero-order valence-electron chi connectivity index (χ0n) is 14.7. The number of hydrogen-bond donors (Lipinski definition) is 1. The highest BCUT2D eigenvalue weighted by Gasteiger charge is 2.06. The molecular formula is C17H37NO3S. The summed E-state index contributed by atoms with van der Waals surface area (Å²) in [4.78, 5) is 1.98. The van der Waals surface area contributed by atoms with E-state index < -0.39 is 10.1 Å². The van der Waals surface area contributed by atoms with Crippen LogP contribution in [-0.4, -0.2) is 43.8 Å². The van der Waals surface area contributed by atoms with Crippen molar-refractivity contribution in [1.82, 2.24) is 4.90 Å². The molecule has 0 unspecified atom stereocenters. The quantitative estimate of drug-likeness (QED) is 0.333. The normalized spacial score (nSPS) is 12.2. The van der Waals surface area contributed by atoms with Gasteiger partial charge in [-0.2, -0.15) is 8.42 Å². The molecule has 0 bridgehead atoms. The van der Waals surface area contributed by atoms with Crippen LogP contribution in [-0.2, 0) is 10.1 Å². The second-order valence-corrected chi connectivity index (χ2v) is 8.05. The molecule has 0 amide bonds. The summed E-state index contributed by atoms with van der Waals surface area (Å²) in [6, 6.07) is 0. The lowest BCUT2D eigenvalue weighted by Crippen LogP contribution is -2.26. The van der Waals surface area contributed by atoms with Gasteiger partial charge in [0.25, 0.3) is 10.1 Å². The van der Waals surface area contributed by atoms with E-state index in [1.807, 2.05) is 11.9 Å². The minimum atomic E-state index is -3.82. The van der Waals surface area contributed by atoms with E-state index in [2.05, 4.69) is 6.92 Å². The third-order valence-corrected chi connectivity index (χ3v) is 4.82. The van der Waals surface area contributed by atoms with Crippen LogP contribution in [0.3, 0.4) is 0 Å². The van der Waals surface area contributed by atoms with Gasteiger partial charge >= 0.3 is 0 Å². The van der Waals surface area contributed by atoms with Crippen molar-refractivity contribution in [1.29, 1.82) is 0 Å². The Balaban J connectivity index is 3.20. The van der Waals surface area contributed by atoms with Gasteiger partial charge in [-0.15, -0.1) is 0 Å². The predicted molar refractivity (Wildman–Crippen MR) is 95.0 cm³/mol. The molecule has 0 radical (unpaired) electrons. The van der Waals surface area contributed by atoms with Crippen LogP contribution < -0.4 is 0 Å². The predicted octanol–water partition coefficient (Wildman–Crippen LogP) is 4.51. The van der Waals surface area contributed by atoms with Crippen LogP contribution in [0.4, 0.5) is 0 Å². The Morgan fingerprint density at radius 1 is 0.727 bits per heavy atom. The molecule has 0 fully saturated rings. The number of nitrogens with zero attached hydrogens (tertiary/aromatic N) is 1. The highest BCUT2D eigenvalue weighted by Crippen LogP contribution is 2.11. The Bertz CT molecular complexity index is 331. The van der Waals surface area contributed by atoms with Gasteiger partial charge < -0.3 is 4.90 Å². The summed E-state index contributed by atoms with van der Waals surface area (Å²) in [5.41, 5.74) is 0. The molecular weight excluding hydrogens is 298 g/mol. The monoisotopic (exact) mass is 335 g/mol. The molecule has 0 aliphatic rings. The van der Waals surface area contributed by atoms with Gasteiger partial charge in [0.15, 0.2) is 0 Å². The van der Waals surface area contributed by atoms with E-state index >= 15 is 0 Å². The second kappa shape index (κ2) is 14.5. The standard InChI is InChI=1S/C17H37NO3S/c1-3-4-5-6-7-8-9-10-11-12-13-14-15-18(2)16-17-22(19,20)21/h3-17H2,1-2H3,(H,19,20,21). The molecule has 0 atom stereocenters. The molecule has 0 aromatic heterocycles. The maximum Gasteiger partial charge on any atom is 0.266 e. The summed E-state index contributed by atoms with van der Waals surface area (Å²) in [5, 5.41) is 0. The van der Waals surface area contributed by atoms with Gasteiger partial charge in [-0.3, -0.25) is 4.55 Å². The summed E-state index contributed by atoms with van der Waals surface area (Å²) in [6.07, 6.45) is 16.0.